The number of likely N-dealkylation sites (N-methyl/N-ethyl adjacent to an activating group) is 1. The van der Waals surface area contributed by atoms with Crippen molar-refractivity contribution in [3.63, 3.8) is 0 Å². The quantitative estimate of drug-likeness (QED) is 0.784. The highest BCUT2D eigenvalue weighted by molar-refractivity contribution is 6.36. The lowest BCUT2D eigenvalue weighted by molar-refractivity contribution is -0.146. The molecule has 0 aliphatic rings. The molecule has 0 saturated heterocycles. The lowest BCUT2D eigenvalue weighted by Crippen LogP contribution is -2.35. The minimum absolute atomic E-state index is 0.100. The Kier molecular flexibility index (Phi) is 6.30. The summed E-state index contributed by atoms with van der Waals surface area (Å²) in [6.07, 6.45) is 0.100. The van der Waals surface area contributed by atoms with Crippen LogP contribution in [-0.4, -0.2) is 37.5 Å². The first kappa shape index (κ1) is 16.8. The van der Waals surface area contributed by atoms with Crippen LogP contribution in [0.15, 0.2) is 18.2 Å². The van der Waals surface area contributed by atoms with Gasteiger partial charge < -0.3 is 9.64 Å². The average Bonchev–Trinajstić information content (AvgIpc) is 2.41. The minimum atomic E-state index is -0.379. The van der Waals surface area contributed by atoms with Crippen molar-refractivity contribution in [2.75, 3.05) is 20.7 Å². The molecule has 0 aliphatic heterocycles. The smallest absolute Gasteiger partial charge is 0.310 e. The van der Waals surface area contributed by atoms with Gasteiger partial charge in [-0.25, -0.2) is 0 Å². The maximum Gasteiger partial charge on any atom is 0.310 e. The van der Waals surface area contributed by atoms with Gasteiger partial charge in [0.15, 0.2) is 0 Å². The Balaban J connectivity index is 2.69. The number of halogens is 2. The maximum atomic E-state index is 12.1. The number of carbonyl (C=O) groups excluding carboxylic acids is 2. The van der Waals surface area contributed by atoms with Gasteiger partial charge in [0.25, 0.3) is 0 Å². The highest BCUT2D eigenvalue weighted by Gasteiger charge is 2.20. The predicted octanol–water partition coefficient (Wildman–Crippen LogP) is 2.80. The van der Waals surface area contributed by atoms with Gasteiger partial charge in [-0.15, -0.1) is 0 Å². The average molecular weight is 318 g/mol. The van der Waals surface area contributed by atoms with Crippen molar-refractivity contribution in [1.82, 2.24) is 4.90 Å². The SMILES string of the molecule is COC(=O)C(C)CN(C)C(=O)Cc1c(Cl)cccc1Cl. The van der Waals surface area contributed by atoms with E-state index in [2.05, 4.69) is 4.74 Å². The van der Waals surface area contributed by atoms with Crippen LogP contribution >= 0.6 is 23.2 Å². The molecule has 1 rings (SSSR count). The Hall–Kier alpha value is -1.26. The first-order chi connectivity index (χ1) is 9.36. The molecule has 0 fully saturated rings. The molecule has 0 radical (unpaired) electrons. The molecule has 0 bridgehead atoms. The number of methoxy groups -OCH3 is 1. The highest BCUT2D eigenvalue weighted by Crippen LogP contribution is 2.25. The van der Waals surface area contributed by atoms with Crippen LogP contribution in [0.4, 0.5) is 0 Å². The summed E-state index contributed by atoms with van der Waals surface area (Å²) in [7, 11) is 2.96. The van der Waals surface area contributed by atoms with Crippen LogP contribution < -0.4 is 0 Å². The second-order valence-corrected chi connectivity index (χ2v) is 5.39. The molecule has 0 saturated carbocycles. The third kappa shape index (κ3) is 4.39. The molecule has 110 valence electrons. The predicted molar refractivity (Wildman–Crippen MR) is 79.0 cm³/mol. The van der Waals surface area contributed by atoms with Crippen LogP contribution in [0.3, 0.4) is 0 Å². The third-order valence-electron chi connectivity index (χ3n) is 2.97. The molecule has 1 aromatic carbocycles. The van der Waals surface area contributed by atoms with E-state index in [0.29, 0.717) is 15.6 Å². The van der Waals surface area contributed by atoms with Crippen LogP contribution in [0.5, 0.6) is 0 Å². The number of rotatable bonds is 5. The summed E-state index contributed by atoms with van der Waals surface area (Å²) in [5.41, 5.74) is 0.596. The van der Waals surface area contributed by atoms with Crippen molar-refractivity contribution in [2.24, 2.45) is 5.92 Å². The van der Waals surface area contributed by atoms with E-state index in [1.54, 1.807) is 32.2 Å². The van der Waals surface area contributed by atoms with Crippen molar-refractivity contribution in [3.05, 3.63) is 33.8 Å². The van der Waals surface area contributed by atoms with Gasteiger partial charge in [-0.05, 0) is 17.7 Å². The summed E-state index contributed by atoms with van der Waals surface area (Å²) < 4.78 is 4.63. The molecule has 6 heteroatoms. The van der Waals surface area contributed by atoms with Crippen LogP contribution in [0.25, 0.3) is 0 Å². The standard InChI is InChI=1S/C14H17Cl2NO3/c1-9(14(19)20-3)8-17(2)13(18)7-10-11(15)5-4-6-12(10)16/h4-6,9H,7-8H2,1-3H3. The Morgan fingerprint density at radius 2 is 1.85 bits per heavy atom. The second-order valence-electron chi connectivity index (χ2n) is 4.58. The van der Waals surface area contributed by atoms with Gasteiger partial charge in [-0.3, -0.25) is 9.59 Å². The number of ether oxygens (including phenoxy) is 1. The van der Waals surface area contributed by atoms with E-state index >= 15 is 0 Å². The monoisotopic (exact) mass is 317 g/mol. The molecule has 0 N–H and O–H groups in total. The van der Waals surface area contributed by atoms with E-state index in [1.807, 2.05) is 0 Å². The Labute approximate surface area is 128 Å². The Morgan fingerprint density at radius 1 is 1.30 bits per heavy atom. The summed E-state index contributed by atoms with van der Waals surface area (Å²) in [6.45, 7) is 1.99. The summed E-state index contributed by atoms with van der Waals surface area (Å²) in [4.78, 5) is 24.9. The van der Waals surface area contributed by atoms with Crippen LogP contribution in [-0.2, 0) is 20.7 Å². The van der Waals surface area contributed by atoms with Gasteiger partial charge in [-0.1, -0.05) is 36.2 Å². The molecule has 1 atom stereocenters. The molecule has 0 aromatic heterocycles. The van der Waals surface area contributed by atoms with Crippen molar-refractivity contribution in [2.45, 2.75) is 13.3 Å². The number of nitrogens with zero attached hydrogens (tertiary/aromatic N) is 1. The number of amides is 1. The summed E-state index contributed by atoms with van der Waals surface area (Å²) in [6, 6.07) is 5.10. The Bertz CT molecular complexity index is 485. The van der Waals surface area contributed by atoms with Gasteiger partial charge in [-0.2, -0.15) is 0 Å². The fraction of sp³-hybridized carbons (Fsp3) is 0.429. The molecule has 0 heterocycles. The maximum absolute atomic E-state index is 12.1. The largest absolute Gasteiger partial charge is 0.469 e. The van der Waals surface area contributed by atoms with E-state index in [4.69, 9.17) is 23.2 Å². The van der Waals surface area contributed by atoms with E-state index in [1.165, 1.54) is 12.0 Å². The van der Waals surface area contributed by atoms with Gasteiger partial charge in [0.05, 0.1) is 19.4 Å². The number of benzene rings is 1. The summed E-state index contributed by atoms with van der Waals surface area (Å²) >= 11 is 12.1. The molecule has 1 amide bonds. The first-order valence-electron chi connectivity index (χ1n) is 6.11. The van der Waals surface area contributed by atoms with E-state index in [9.17, 15) is 9.59 Å². The van der Waals surface area contributed by atoms with E-state index < -0.39 is 0 Å². The highest BCUT2D eigenvalue weighted by atomic mass is 35.5. The van der Waals surface area contributed by atoms with Crippen molar-refractivity contribution < 1.29 is 14.3 Å². The molecule has 1 unspecified atom stereocenters. The molecule has 4 nitrogen and oxygen atoms in total. The third-order valence-corrected chi connectivity index (χ3v) is 3.67. The van der Waals surface area contributed by atoms with Crippen molar-refractivity contribution in [1.29, 1.82) is 0 Å². The lowest BCUT2D eigenvalue weighted by atomic mass is 10.1. The fourth-order valence-corrected chi connectivity index (χ4v) is 2.31. The first-order valence-corrected chi connectivity index (χ1v) is 6.87. The van der Waals surface area contributed by atoms with Gasteiger partial charge in [0, 0.05) is 23.6 Å². The topological polar surface area (TPSA) is 46.6 Å². The number of esters is 1. The van der Waals surface area contributed by atoms with Crippen molar-refractivity contribution >= 4 is 35.1 Å². The zero-order valence-electron chi connectivity index (χ0n) is 11.7. The second kappa shape index (κ2) is 7.50. The number of hydrogen-bond acceptors (Lipinski definition) is 3. The van der Waals surface area contributed by atoms with Gasteiger partial charge >= 0.3 is 5.97 Å². The van der Waals surface area contributed by atoms with Gasteiger partial charge in [0.2, 0.25) is 5.91 Å². The normalized spacial score (nSPS) is 11.8. The summed E-state index contributed by atoms with van der Waals surface area (Å²) in [5, 5.41) is 0.917. The lowest BCUT2D eigenvalue weighted by Gasteiger charge is -2.20. The molecule has 0 aliphatic carbocycles. The number of hydrogen-bond donors (Lipinski definition) is 0. The molecule has 0 spiro atoms. The summed E-state index contributed by atoms with van der Waals surface area (Å²) in [5.74, 6) is -0.883. The van der Waals surface area contributed by atoms with Crippen molar-refractivity contribution in [3.8, 4) is 0 Å². The zero-order valence-corrected chi connectivity index (χ0v) is 13.2. The molecular formula is C14H17Cl2NO3. The zero-order chi connectivity index (χ0) is 15.3. The molecular weight excluding hydrogens is 301 g/mol. The van der Waals surface area contributed by atoms with Gasteiger partial charge in [0.1, 0.15) is 0 Å². The minimum Gasteiger partial charge on any atom is -0.469 e. The fourth-order valence-electron chi connectivity index (χ4n) is 1.78. The molecule has 20 heavy (non-hydrogen) atoms. The van der Waals surface area contributed by atoms with E-state index in [0.717, 1.165) is 0 Å². The number of carbonyl (C=O) groups is 2. The van der Waals surface area contributed by atoms with Crippen LogP contribution in [0, 0.1) is 5.92 Å². The van der Waals surface area contributed by atoms with E-state index in [-0.39, 0.29) is 30.8 Å². The van der Waals surface area contributed by atoms with Crippen LogP contribution in [0.2, 0.25) is 10.0 Å². The van der Waals surface area contributed by atoms with Crippen LogP contribution in [0.1, 0.15) is 12.5 Å². The Morgan fingerprint density at radius 3 is 2.35 bits per heavy atom. The molecule has 1 aromatic rings.